The summed E-state index contributed by atoms with van der Waals surface area (Å²) in [6.45, 7) is 0.117. The van der Waals surface area contributed by atoms with Crippen molar-refractivity contribution in [2.45, 2.75) is 22.5 Å². The molecule has 0 saturated carbocycles. The lowest BCUT2D eigenvalue weighted by molar-refractivity contribution is 0.322. The monoisotopic (exact) mass is 363 g/mol. The number of rotatable bonds is 6. The number of H-pyrrole nitrogens is 1. The van der Waals surface area contributed by atoms with Gasteiger partial charge in [0.15, 0.2) is 5.16 Å². The zero-order chi connectivity index (χ0) is 16.9. The van der Waals surface area contributed by atoms with E-state index in [1.54, 1.807) is 24.0 Å². The molecule has 1 aliphatic carbocycles. The van der Waals surface area contributed by atoms with Crippen LogP contribution in [0, 0.1) is 0 Å². The molecule has 2 aromatic heterocycles. The Kier molecular flexibility index (Phi) is 5.76. The second kappa shape index (κ2) is 8.00. The van der Waals surface area contributed by atoms with Gasteiger partial charge >= 0.3 is 0 Å². The van der Waals surface area contributed by atoms with Crippen LogP contribution in [0.2, 0.25) is 0 Å². The van der Waals surface area contributed by atoms with Crippen LogP contribution < -0.4 is 0 Å². The summed E-state index contributed by atoms with van der Waals surface area (Å²) in [5, 5.41) is 10.7. The minimum atomic E-state index is -0.191. The van der Waals surface area contributed by atoms with Gasteiger partial charge in [0, 0.05) is 23.4 Å². The Morgan fingerprint density at radius 3 is 3.04 bits per heavy atom. The van der Waals surface area contributed by atoms with E-state index >= 15 is 0 Å². The van der Waals surface area contributed by atoms with Crippen molar-refractivity contribution in [1.29, 1.82) is 0 Å². The van der Waals surface area contributed by atoms with Crippen molar-refractivity contribution in [3.05, 3.63) is 48.1 Å². The summed E-state index contributed by atoms with van der Waals surface area (Å²) < 4.78 is 13.3. The molecule has 0 fully saturated rings. The molecular weight excluding hydrogens is 345 g/mol. The first-order valence-corrected chi connectivity index (χ1v) is 9.80. The number of imidazole rings is 1. The molecule has 2 aromatic rings. The van der Waals surface area contributed by atoms with Crippen LogP contribution in [-0.2, 0) is 0 Å². The molecule has 0 spiro atoms. The van der Waals surface area contributed by atoms with Crippen LogP contribution in [0.15, 0.2) is 52.6 Å². The maximum atomic E-state index is 13.3. The van der Waals surface area contributed by atoms with Crippen molar-refractivity contribution in [3.63, 3.8) is 0 Å². The van der Waals surface area contributed by atoms with Crippen LogP contribution >= 0.6 is 23.5 Å². The van der Waals surface area contributed by atoms with Crippen molar-refractivity contribution >= 4 is 23.5 Å². The van der Waals surface area contributed by atoms with Gasteiger partial charge in [0.25, 0.3) is 0 Å². The van der Waals surface area contributed by atoms with E-state index in [1.165, 1.54) is 17.8 Å². The van der Waals surface area contributed by atoms with Gasteiger partial charge in [-0.3, -0.25) is 0 Å². The first-order chi connectivity index (χ1) is 11.7. The van der Waals surface area contributed by atoms with Crippen LogP contribution in [-0.4, -0.2) is 38.7 Å². The van der Waals surface area contributed by atoms with E-state index < -0.39 is 0 Å². The molecule has 0 radical (unpaired) electrons. The number of aromatic nitrogens is 3. The zero-order valence-electron chi connectivity index (χ0n) is 13.2. The average Bonchev–Trinajstić information content (AvgIpc) is 3.05. The lowest BCUT2D eigenvalue weighted by Gasteiger charge is -2.14. The fraction of sp³-hybridized carbons (Fsp3) is 0.294. The van der Waals surface area contributed by atoms with Gasteiger partial charge in [-0.05, 0) is 37.0 Å². The predicted octanol–water partition coefficient (Wildman–Crippen LogP) is 4.17. The largest absolute Gasteiger partial charge is 0.396 e. The summed E-state index contributed by atoms with van der Waals surface area (Å²) in [6, 6.07) is 3.91. The minimum Gasteiger partial charge on any atom is -0.396 e. The summed E-state index contributed by atoms with van der Waals surface area (Å²) in [5.41, 5.74) is 2.84. The molecule has 24 heavy (non-hydrogen) atoms. The Bertz CT molecular complexity index is 773. The highest BCUT2D eigenvalue weighted by atomic mass is 32.2. The summed E-state index contributed by atoms with van der Waals surface area (Å²) in [6.07, 6.45) is 9.32. The molecule has 4 nitrogen and oxygen atoms in total. The van der Waals surface area contributed by atoms with E-state index in [4.69, 9.17) is 5.11 Å². The van der Waals surface area contributed by atoms with E-state index in [9.17, 15) is 4.39 Å². The summed E-state index contributed by atoms with van der Waals surface area (Å²) in [7, 11) is 0. The third-order valence-electron chi connectivity index (χ3n) is 3.68. The molecule has 0 amide bonds. The number of aliphatic hydroxyl groups is 1. The minimum absolute atomic E-state index is 0.0783. The van der Waals surface area contributed by atoms with Gasteiger partial charge in [0.2, 0.25) is 0 Å². The van der Waals surface area contributed by atoms with Gasteiger partial charge in [-0.2, -0.15) is 0 Å². The van der Waals surface area contributed by atoms with Crippen molar-refractivity contribution in [1.82, 2.24) is 15.0 Å². The van der Waals surface area contributed by atoms with E-state index in [0.717, 1.165) is 27.1 Å². The lowest BCUT2D eigenvalue weighted by Crippen LogP contribution is -2.00. The zero-order valence-corrected chi connectivity index (χ0v) is 14.8. The number of aromatic amines is 1. The molecule has 1 atom stereocenters. The van der Waals surface area contributed by atoms with Gasteiger partial charge in [0.1, 0.15) is 5.83 Å². The van der Waals surface area contributed by atoms with Gasteiger partial charge in [-0.15, -0.1) is 11.8 Å². The summed E-state index contributed by atoms with van der Waals surface area (Å²) in [4.78, 5) is 12.4. The Morgan fingerprint density at radius 1 is 1.46 bits per heavy atom. The van der Waals surface area contributed by atoms with Crippen LogP contribution in [0.4, 0.5) is 4.39 Å². The maximum Gasteiger partial charge on any atom is 0.165 e. The highest BCUT2D eigenvalue weighted by Gasteiger charge is 2.20. The number of aliphatic hydroxyl groups excluding tert-OH is 1. The number of halogens is 1. The third kappa shape index (κ3) is 3.91. The summed E-state index contributed by atoms with van der Waals surface area (Å²) in [5.74, 6) is 0.494. The molecule has 3 rings (SSSR count). The Balaban J connectivity index is 1.95. The van der Waals surface area contributed by atoms with Gasteiger partial charge in [-0.1, -0.05) is 17.8 Å². The lowest BCUT2D eigenvalue weighted by atomic mass is 9.94. The number of nitrogens with zero attached hydrogens (tertiary/aromatic N) is 2. The van der Waals surface area contributed by atoms with E-state index in [0.29, 0.717) is 12.2 Å². The maximum absolute atomic E-state index is 13.3. The molecule has 0 aliphatic heterocycles. The summed E-state index contributed by atoms with van der Waals surface area (Å²) >= 11 is 3.05. The number of pyridine rings is 1. The first-order valence-electron chi connectivity index (χ1n) is 7.59. The molecule has 2 heterocycles. The Hall–Kier alpha value is -1.57. The normalized spacial score (nSPS) is 17.1. The predicted molar refractivity (Wildman–Crippen MR) is 97.1 cm³/mol. The fourth-order valence-electron chi connectivity index (χ4n) is 2.54. The molecule has 0 aromatic carbocycles. The molecule has 0 bridgehead atoms. The Labute approximate surface area is 148 Å². The van der Waals surface area contributed by atoms with Gasteiger partial charge in [-0.25, -0.2) is 14.4 Å². The quantitative estimate of drug-likeness (QED) is 0.754. The molecule has 126 valence electrons. The fourth-order valence-corrected chi connectivity index (χ4v) is 3.58. The molecule has 2 N–H and O–H groups in total. The van der Waals surface area contributed by atoms with E-state index in [-0.39, 0.29) is 18.4 Å². The second-order valence-corrected chi connectivity index (χ2v) is 7.16. The van der Waals surface area contributed by atoms with Crippen LogP contribution in [0.25, 0.3) is 11.3 Å². The standard InChI is InChI=1S/C17H18FN3OS2/c1-23-17-20-15(11-2-4-13(18)5-3-11)16(21-17)12-6-7-19-14(10-12)24-9-8-22/h2,4-7,10-11,22H,3,8-9H2,1H3,(H,20,21). The van der Waals surface area contributed by atoms with Crippen molar-refractivity contribution in [2.24, 2.45) is 0 Å². The number of allylic oxidation sites excluding steroid dienone is 4. The van der Waals surface area contributed by atoms with Gasteiger partial charge in [0.05, 0.1) is 23.0 Å². The highest BCUT2D eigenvalue weighted by Crippen LogP contribution is 2.35. The second-order valence-electron chi connectivity index (χ2n) is 5.25. The van der Waals surface area contributed by atoms with E-state index in [1.807, 2.05) is 24.5 Å². The molecule has 1 aliphatic rings. The Morgan fingerprint density at radius 2 is 2.33 bits per heavy atom. The number of hydrogen-bond donors (Lipinski definition) is 2. The molecule has 0 saturated heterocycles. The number of thioether (sulfide) groups is 2. The van der Waals surface area contributed by atoms with Crippen molar-refractivity contribution in [3.8, 4) is 11.3 Å². The van der Waals surface area contributed by atoms with Crippen molar-refractivity contribution in [2.75, 3.05) is 18.6 Å². The first kappa shape index (κ1) is 17.3. The number of nitrogens with one attached hydrogen (secondary N) is 1. The third-order valence-corrected chi connectivity index (χ3v) is 5.16. The molecule has 1 unspecified atom stereocenters. The smallest absolute Gasteiger partial charge is 0.165 e. The molecular formula is C17H18FN3OS2. The van der Waals surface area contributed by atoms with Crippen LogP contribution in [0.3, 0.4) is 0 Å². The highest BCUT2D eigenvalue weighted by molar-refractivity contribution is 7.99. The SMILES string of the molecule is CSc1nc(-c2ccnc(SCCO)c2)c(C2C=CC(F)=CC2)[nH]1. The van der Waals surface area contributed by atoms with Crippen LogP contribution in [0.5, 0.6) is 0 Å². The molecule has 7 heteroatoms. The van der Waals surface area contributed by atoms with Gasteiger partial charge < -0.3 is 10.1 Å². The topological polar surface area (TPSA) is 61.8 Å². The average molecular weight is 363 g/mol. The van der Waals surface area contributed by atoms with Crippen molar-refractivity contribution < 1.29 is 9.50 Å². The van der Waals surface area contributed by atoms with Crippen LogP contribution in [0.1, 0.15) is 18.0 Å². The van der Waals surface area contributed by atoms with E-state index in [2.05, 4.69) is 15.0 Å². The number of hydrogen-bond acceptors (Lipinski definition) is 5.